The molecule has 0 aliphatic heterocycles. The molecule has 0 amide bonds. The molecule has 2 atom stereocenters. The van der Waals surface area contributed by atoms with Gasteiger partial charge in [0.05, 0.1) is 0 Å². The van der Waals surface area contributed by atoms with Crippen LogP contribution in [0.25, 0.3) is 0 Å². The first-order chi connectivity index (χ1) is 9.12. The lowest BCUT2D eigenvalue weighted by Crippen LogP contribution is -2.29. The normalized spacial score (nSPS) is 14.4. The highest BCUT2D eigenvalue weighted by Crippen LogP contribution is 2.28. The molecule has 2 unspecified atom stereocenters. The quantitative estimate of drug-likeness (QED) is 0.528. The van der Waals surface area contributed by atoms with Gasteiger partial charge in [-0.25, -0.2) is 0 Å². The lowest BCUT2D eigenvalue weighted by Gasteiger charge is -2.23. The summed E-state index contributed by atoms with van der Waals surface area (Å²) in [5.41, 5.74) is 5.54. The Bertz CT molecular complexity index is 379. The Balaban J connectivity index is 2.72. The smallest absolute Gasteiger partial charge is 0.0462 e. The van der Waals surface area contributed by atoms with Crippen molar-refractivity contribution in [3.8, 4) is 0 Å². The number of nitrogens with one attached hydrogen (secondary N) is 1. The second-order valence-corrected chi connectivity index (χ2v) is 6.23. The van der Waals surface area contributed by atoms with Crippen LogP contribution >= 0.6 is 15.9 Å². The molecule has 1 aromatic carbocycles. The minimum Gasteiger partial charge on any atom is -0.271 e. The molecule has 0 spiro atoms. The van der Waals surface area contributed by atoms with E-state index in [1.807, 2.05) is 0 Å². The van der Waals surface area contributed by atoms with E-state index < -0.39 is 0 Å². The van der Waals surface area contributed by atoms with Crippen molar-refractivity contribution in [1.82, 2.24) is 5.43 Å². The van der Waals surface area contributed by atoms with Crippen LogP contribution in [0.5, 0.6) is 0 Å². The molecular weight excluding hydrogens is 300 g/mol. The van der Waals surface area contributed by atoms with Crippen molar-refractivity contribution in [2.75, 3.05) is 0 Å². The number of hydrogen-bond donors (Lipinski definition) is 2. The molecule has 3 N–H and O–H groups in total. The number of rotatable bonds is 8. The van der Waals surface area contributed by atoms with Crippen LogP contribution in [0.15, 0.2) is 22.7 Å². The van der Waals surface area contributed by atoms with Crippen LogP contribution < -0.4 is 11.3 Å². The minimum atomic E-state index is 0.258. The summed E-state index contributed by atoms with van der Waals surface area (Å²) < 4.78 is 1.16. The molecule has 0 radical (unpaired) electrons. The van der Waals surface area contributed by atoms with Crippen molar-refractivity contribution in [2.24, 2.45) is 11.8 Å². The Morgan fingerprint density at radius 1 is 1.32 bits per heavy atom. The predicted octanol–water partition coefficient (Wildman–Crippen LogP) is 4.87. The van der Waals surface area contributed by atoms with Crippen LogP contribution in [0.1, 0.15) is 63.1 Å². The van der Waals surface area contributed by atoms with Crippen LogP contribution in [0, 0.1) is 12.8 Å². The third-order valence-corrected chi connectivity index (χ3v) is 4.79. The second-order valence-electron chi connectivity index (χ2n) is 5.38. The first-order valence-electron chi connectivity index (χ1n) is 7.34. The van der Waals surface area contributed by atoms with E-state index in [4.69, 9.17) is 5.84 Å². The standard InChI is InChI=1S/C16H27BrN2/c1-4-6-7-13(5-2)11-16(19-18)14-8-9-15(17)12(3)10-14/h8-10,13,16,19H,4-7,11,18H2,1-3H3. The first-order valence-corrected chi connectivity index (χ1v) is 8.13. The van der Waals surface area contributed by atoms with Gasteiger partial charge in [-0.15, -0.1) is 0 Å². The maximum atomic E-state index is 5.76. The van der Waals surface area contributed by atoms with Gasteiger partial charge in [0.2, 0.25) is 0 Å². The highest BCUT2D eigenvalue weighted by Gasteiger charge is 2.16. The Labute approximate surface area is 126 Å². The van der Waals surface area contributed by atoms with E-state index in [1.54, 1.807) is 0 Å². The molecule has 0 aliphatic carbocycles. The topological polar surface area (TPSA) is 38.0 Å². The number of halogens is 1. The van der Waals surface area contributed by atoms with Crippen molar-refractivity contribution >= 4 is 15.9 Å². The number of benzene rings is 1. The summed E-state index contributed by atoms with van der Waals surface area (Å²) in [6, 6.07) is 6.76. The van der Waals surface area contributed by atoms with E-state index >= 15 is 0 Å². The maximum Gasteiger partial charge on any atom is 0.0462 e. The van der Waals surface area contributed by atoms with Gasteiger partial charge in [0.15, 0.2) is 0 Å². The molecule has 0 heterocycles. The van der Waals surface area contributed by atoms with E-state index in [1.165, 1.54) is 36.8 Å². The van der Waals surface area contributed by atoms with Crippen molar-refractivity contribution in [1.29, 1.82) is 0 Å². The van der Waals surface area contributed by atoms with E-state index in [2.05, 4.69) is 60.3 Å². The number of aryl methyl sites for hydroxylation is 1. The van der Waals surface area contributed by atoms with Crippen LogP contribution in [-0.4, -0.2) is 0 Å². The highest BCUT2D eigenvalue weighted by atomic mass is 79.9. The van der Waals surface area contributed by atoms with Crippen molar-refractivity contribution in [3.05, 3.63) is 33.8 Å². The largest absolute Gasteiger partial charge is 0.271 e. The summed E-state index contributed by atoms with van der Waals surface area (Å²) in [5, 5.41) is 0. The molecule has 0 saturated carbocycles. The molecular formula is C16H27BrN2. The number of hydrazine groups is 1. The fourth-order valence-corrected chi connectivity index (χ4v) is 2.75. The van der Waals surface area contributed by atoms with Crippen molar-refractivity contribution < 1.29 is 0 Å². The zero-order valence-corrected chi connectivity index (χ0v) is 14.0. The van der Waals surface area contributed by atoms with Gasteiger partial charge in [0.25, 0.3) is 0 Å². The lowest BCUT2D eigenvalue weighted by molar-refractivity contribution is 0.356. The molecule has 0 fully saturated rings. The monoisotopic (exact) mass is 326 g/mol. The molecule has 0 bridgehead atoms. The summed E-state index contributed by atoms with van der Waals surface area (Å²) in [6.45, 7) is 6.65. The predicted molar refractivity (Wildman–Crippen MR) is 86.9 cm³/mol. The first kappa shape index (κ1) is 16.7. The van der Waals surface area contributed by atoms with Crippen molar-refractivity contribution in [3.63, 3.8) is 0 Å². The minimum absolute atomic E-state index is 0.258. The zero-order chi connectivity index (χ0) is 14.3. The third-order valence-electron chi connectivity index (χ3n) is 3.90. The van der Waals surface area contributed by atoms with E-state index in [0.717, 1.165) is 16.8 Å². The van der Waals surface area contributed by atoms with Gasteiger partial charge < -0.3 is 0 Å². The molecule has 0 saturated heterocycles. The number of nitrogens with two attached hydrogens (primary N) is 1. The molecule has 108 valence electrons. The van der Waals surface area contributed by atoms with Crippen LogP contribution in [-0.2, 0) is 0 Å². The molecule has 0 aliphatic rings. The van der Waals surface area contributed by atoms with Gasteiger partial charge in [0.1, 0.15) is 0 Å². The van der Waals surface area contributed by atoms with Gasteiger partial charge in [-0.1, -0.05) is 67.6 Å². The Morgan fingerprint density at radius 3 is 2.58 bits per heavy atom. The molecule has 3 heteroatoms. The van der Waals surface area contributed by atoms with Crippen LogP contribution in [0.4, 0.5) is 0 Å². The maximum absolute atomic E-state index is 5.76. The van der Waals surface area contributed by atoms with E-state index in [-0.39, 0.29) is 6.04 Å². The molecule has 1 aromatic rings. The summed E-state index contributed by atoms with van der Waals surface area (Å²) in [7, 11) is 0. The molecule has 1 rings (SSSR count). The SMILES string of the molecule is CCCCC(CC)CC(NN)c1ccc(Br)c(C)c1. The summed E-state index contributed by atoms with van der Waals surface area (Å²) in [6.07, 6.45) is 6.24. The average Bonchev–Trinajstić information content (AvgIpc) is 2.42. The van der Waals surface area contributed by atoms with E-state index in [0.29, 0.717) is 0 Å². The average molecular weight is 327 g/mol. The molecule has 19 heavy (non-hydrogen) atoms. The van der Waals surface area contributed by atoms with Gasteiger partial charge in [-0.05, 0) is 36.5 Å². The molecule has 0 aromatic heterocycles. The number of hydrogen-bond acceptors (Lipinski definition) is 2. The Hall–Kier alpha value is -0.380. The third kappa shape index (κ3) is 5.25. The van der Waals surface area contributed by atoms with Gasteiger partial charge in [-0.2, -0.15) is 0 Å². The second kappa shape index (κ2) is 8.72. The zero-order valence-electron chi connectivity index (χ0n) is 12.4. The van der Waals surface area contributed by atoms with Crippen molar-refractivity contribution in [2.45, 2.75) is 58.9 Å². The fourth-order valence-electron chi connectivity index (χ4n) is 2.50. The summed E-state index contributed by atoms with van der Waals surface area (Å²) in [5.74, 6) is 6.52. The van der Waals surface area contributed by atoms with Crippen LogP contribution in [0.2, 0.25) is 0 Å². The summed E-state index contributed by atoms with van der Waals surface area (Å²) in [4.78, 5) is 0. The Morgan fingerprint density at radius 2 is 2.05 bits per heavy atom. The van der Waals surface area contributed by atoms with Gasteiger partial charge in [-0.3, -0.25) is 11.3 Å². The molecule has 2 nitrogen and oxygen atoms in total. The lowest BCUT2D eigenvalue weighted by atomic mass is 9.89. The summed E-state index contributed by atoms with van der Waals surface area (Å²) >= 11 is 3.55. The van der Waals surface area contributed by atoms with Crippen LogP contribution in [0.3, 0.4) is 0 Å². The fraction of sp³-hybridized carbons (Fsp3) is 0.625. The number of unbranched alkanes of at least 4 members (excludes halogenated alkanes) is 1. The highest BCUT2D eigenvalue weighted by molar-refractivity contribution is 9.10. The van der Waals surface area contributed by atoms with Gasteiger partial charge >= 0.3 is 0 Å². The van der Waals surface area contributed by atoms with E-state index in [9.17, 15) is 0 Å². The Kier molecular flexibility index (Phi) is 7.66. The van der Waals surface area contributed by atoms with Gasteiger partial charge in [0, 0.05) is 10.5 Å².